The Labute approximate surface area is 155 Å². The quantitative estimate of drug-likeness (QED) is 0.713. The van der Waals surface area contributed by atoms with E-state index in [0.29, 0.717) is 0 Å². The molecule has 132 valence electrons. The zero-order valence-corrected chi connectivity index (χ0v) is 15.5. The third kappa shape index (κ3) is 3.43. The molecule has 0 aliphatic carbocycles. The Bertz CT molecular complexity index is 806. The van der Waals surface area contributed by atoms with E-state index in [1.54, 1.807) is 12.1 Å². The number of likely N-dealkylation sites (N-methyl/N-ethyl adjacent to an activating group) is 1. The van der Waals surface area contributed by atoms with Crippen molar-refractivity contribution in [2.75, 3.05) is 33.2 Å². The highest BCUT2D eigenvalue weighted by atomic mass is 35.5. The third-order valence-electron chi connectivity index (χ3n) is 5.05. The van der Waals surface area contributed by atoms with Crippen LogP contribution in [0.25, 0.3) is 0 Å². The number of hydrogen-bond acceptors (Lipinski definition) is 3. The van der Waals surface area contributed by atoms with Gasteiger partial charge >= 0.3 is 0 Å². The van der Waals surface area contributed by atoms with Gasteiger partial charge in [0.25, 0.3) is 0 Å². The molecule has 0 unspecified atom stereocenters. The number of benzene rings is 2. The Kier molecular flexibility index (Phi) is 4.75. The number of fused-ring (bicyclic) bond motifs is 2. The molecule has 2 aliphatic rings. The monoisotopic (exact) mass is 380 g/mol. The largest absolute Gasteiger partial charge is 0.304 e. The maximum absolute atomic E-state index is 14.1. The maximum atomic E-state index is 14.1. The molecule has 0 bridgehead atoms. The first-order valence-corrected chi connectivity index (χ1v) is 9.58. The summed E-state index contributed by atoms with van der Waals surface area (Å²) >= 11 is 7.52. The molecule has 2 aliphatic heterocycles. The van der Waals surface area contributed by atoms with E-state index in [1.807, 2.05) is 6.07 Å². The second-order valence-electron chi connectivity index (χ2n) is 6.72. The zero-order valence-electron chi connectivity index (χ0n) is 13.9. The molecule has 4 rings (SSSR count). The van der Waals surface area contributed by atoms with E-state index in [1.165, 1.54) is 23.9 Å². The molecule has 2 nitrogen and oxygen atoms in total. The van der Waals surface area contributed by atoms with Gasteiger partial charge in [0.15, 0.2) is 0 Å². The summed E-state index contributed by atoms with van der Waals surface area (Å²) in [4.78, 5) is 6.44. The van der Waals surface area contributed by atoms with Gasteiger partial charge in [-0.25, -0.2) is 8.78 Å². The minimum Gasteiger partial charge on any atom is -0.304 e. The number of hydrogen-bond donors (Lipinski definition) is 0. The first-order chi connectivity index (χ1) is 12.0. The molecule has 2 heterocycles. The zero-order chi connectivity index (χ0) is 17.6. The topological polar surface area (TPSA) is 6.48 Å². The number of nitrogens with zero attached hydrogens (tertiary/aromatic N) is 2. The molecule has 0 aromatic heterocycles. The molecule has 25 heavy (non-hydrogen) atoms. The summed E-state index contributed by atoms with van der Waals surface area (Å²) in [5, 5.41) is 0.149. The van der Waals surface area contributed by atoms with Gasteiger partial charge < -0.3 is 4.90 Å². The highest BCUT2D eigenvalue weighted by Crippen LogP contribution is 2.44. The van der Waals surface area contributed by atoms with Gasteiger partial charge in [0, 0.05) is 42.0 Å². The summed E-state index contributed by atoms with van der Waals surface area (Å²) in [6.45, 7) is 3.92. The highest BCUT2D eigenvalue weighted by molar-refractivity contribution is 7.99. The van der Waals surface area contributed by atoms with Crippen LogP contribution in [0.1, 0.15) is 17.2 Å². The predicted molar refractivity (Wildman–Crippen MR) is 97.4 cm³/mol. The summed E-state index contributed by atoms with van der Waals surface area (Å²) in [5.41, 5.74) is 2.14. The lowest BCUT2D eigenvalue weighted by Crippen LogP contribution is -2.46. The van der Waals surface area contributed by atoms with Crippen molar-refractivity contribution in [3.05, 3.63) is 58.1 Å². The SMILES string of the molecule is CN1CCN([C@@H]2Cc3ccc(F)cc3Sc3cc(F)c(Cl)cc32)CC1. The third-order valence-corrected chi connectivity index (χ3v) is 6.52. The lowest BCUT2D eigenvalue weighted by atomic mass is 9.96. The van der Waals surface area contributed by atoms with E-state index in [-0.39, 0.29) is 16.9 Å². The first kappa shape index (κ1) is 17.3. The molecule has 0 N–H and O–H groups in total. The van der Waals surface area contributed by atoms with Gasteiger partial charge in [-0.1, -0.05) is 29.4 Å². The molecular formula is C19H19ClF2N2S. The summed E-state index contributed by atoms with van der Waals surface area (Å²) in [5.74, 6) is -0.690. The van der Waals surface area contributed by atoms with Crippen LogP contribution in [0.15, 0.2) is 40.1 Å². The fraction of sp³-hybridized carbons (Fsp3) is 0.368. The van der Waals surface area contributed by atoms with E-state index < -0.39 is 5.82 Å². The Hall–Kier alpha value is -1.14. The van der Waals surface area contributed by atoms with Crippen molar-refractivity contribution in [2.24, 2.45) is 0 Å². The van der Waals surface area contributed by atoms with E-state index in [9.17, 15) is 8.78 Å². The summed E-state index contributed by atoms with van der Waals surface area (Å²) in [7, 11) is 2.12. The van der Waals surface area contributed by atoms with Crippen molar-refractivity contribution < 1.29 is 8.78 Å². The van der Waals surface area contributed by atoms with Gasteiger partial charge in [-0.15, -0.1) is 0 Å². The van der Waals surface area contributed by atoms with Gasteiger partial charge in [-0.05, 0) is 48.9 Å². The molecule has 0 spiro atoms. The smallest absolute Gasteiger partial charge is 0.142 e. The maximum Gasteiger partial charge on any atom is 0.142 e. The standard InChI is InChI=1S/C19H19ClF2N2S/c1-23-4-6-24(7-5-23)17-8-12-2-3-13(21)9-18(12)25-19-11-16(22)15(20)10-14(17)19/h2-3,9-11,17H,4-8H2,1H3/t17-/m1/s1. The van der Waals surface area contributed by atoms with Gasteiger partial charge in [0.1, 0.15) is 11.6 Å². The van der Waals surface area contributed by atoms with Crippen LogP contribution in [0.5, 0.6) is 0 Å². The van der Waals surface area contributed by atoms with Gasteiger partial charge in [-0.2, -0.15) is 0 Å². The van der Waals surface area contributed by atoms with Crippen LogP contribution >= 0.6 is 23.4 Å². The van der Waals surface area contributed by atoms with Crippen LogP contribution in [0.2, 0.25) is 5.02 Å². The second kappa shape index (κ2) is 6.88. The number of piperazine rings is 1. The summed E-state index contributed by atoms with van der Waals surface area (Å²) in [6.07, 6.45) is 0.779. The normalized spacial score (nSPS) is 21.5. The molecule has 0 saturated carbocycles. The fourth-order valence-corrected chi connectivity index (χ4v) is 4.92. The van der Waals surface area contributed by atoms with Crippen molar-refractivity contribution in [3.63, 3.8) is 0 Å². The van der Waals surface area contributed by atoms with Crippen molar-refractivity contribution in [3.8, 4) is 0 Å². The molecule has 2 aromatic carbocycles. The van der Waals surface area contributed by atoms with Crippen LogP contribution in [0.3, 0.4) is 0 Å². The van der Waals surface area contributed by atoms with Crippen LogP contribution in [0.4, 0.5) is 8.78 Å². The van der Waals surface area contributed by atoms with Gasteiger partial charge in [0.05, 0.1) is 5.02 Å². The van der Waals surface area contributed by atoms with Crippen molar-refractivity contribution >= 4 is 23.4 Å². The molecule has 2 aromatic rings. The molecule has 1 atom stereocenters. The van der Waals surface area contributed by atoms with Crippen molar-refractivity contribution in [2.45, 2.75) is 22.3 Å². The van der Waals surface area contributed by atoms with E-state index in [4.69, 9.17) is 11.6 Å². The fourth-order valence-electron chi connectivity index (χ4n) is 3.58. The van der Waals surface area contributed by atoms with E-state index >= 15 is 0 Å². The molecule has 0 radical (unpaired) electrons. The lowest BCUT2D eigenvalue weighted by Gasteiger charge is -2.38. The van der Waals surface area contributed by atoms with Crippen LogP contribution in [0, 0.1) is 11.6 Å². The van der Waals surface area contributed by atoms with Gasteiger partial charge in [-0.3, -0.25) is 4.90 Å². The van der Waals surface area contributed by atoms with Gasteiger partial charge in [0.2, 0.25) is 0 Å². The molecule has 1 fully saturated rings. The van der Waals surface area contributed by atoms with E-state index in [0.717, 1.165) is 53.5 Å². The Morgan fingerprint density at radius 2 is 1.80 bits per heavy atom. The Morgan fingerprint density at radius 3 is 2.56 bits per heavy atom. The second-order valence-corrected chi connectivity index (χ2v) is 8.21. The summed E-state index contributed by atoms with van der Waals surface area (Å²) in [6, 6.07) is 8.27. The Morgan fingerprint density at radius 1 is 1.04 bits per heavy atom. The highest BCUT2D eigenvalue weighted by Gasteiger charge is 2.30. The van der Waals surface area contributed by atoms with Crippen LogP contribution in [-0.2, 0) is 6.42 Å². The number of rotatable bonds is 1. The summed E-state index contributed by atoms with van der Waals surface area (Å²) < 4.78 is 27.8. The van der Waals surface area contributed by atoms with Crippen molar-refractivity contribution in [1.29, 1.82) is 0 Å². The molecule has 0 amide bonds. The van der Waals surface area contributed by atoms with Crippen LogP contribution < -0.4 is 0 Å². The average molecular weight is 381 g/mol. The molecular weight excluding hydrogens is 362 g/mol. The van der Waals surface area contributed by atoms with E-state index in [2.05, 4.69) is 16.8 Å². The minimum atomic E-state index is -0.426. The first-order valence-electron chi connectivity index (χ1n) is 8.39. The minimum absolute atomic E-state index is 0.126. The Balaban J connectivity index is 1.80. The lowest BCUT2D eigenvalue weighted by molar-refractivity contribution is 0.110. The van der Waals surface area contributed by atoms with Crippen molar-refractivity contribution in [1.82, 2.24) is 9.80 Å². The van der Waals surface area contributed by atoms with Crippen LogP contribution in [-0.4, -0.2) is 43.0 Å². The molecule has 6 heteroatoms. The molecule has 1 saturated heterocycles. The number of halogens is 3. The average Bonchev–Trinajstić information content (AvgIpc) is 2.73. The predicted octanol–water partition coefficient (Wildman–Crippen LogP) is 4.61.